The predicted octanol–water partition coefficient (Wildman–Crippen LogP) is 0.837. The first-order valence-electron chi connectivity index (χ1n) is 6.24. The second kappa shape index (κ2) is 4.24. The van der Waals surface area contributed by atoms with Gasteiger partial charge in [0.15, 0.2) is 6.61 Å². The van der Waals surface area contributed by atoms with E-state index in [4.69, 9.17) is 10.5 Å². The van der Waals surface area contributed by atoms with Gasteiger partial charge in [0.2, 0.25) is 5.91 Å². The lowest BCUT2D eigenvalue weighted by Gasteiger charge is -2.36. The predicted molar refractivity (Wildman–Crippen MR) is 70.0 cm³/mol. The summed E-state index contributed by atoms with van der Waals surface area (Å²) in [6.45, 7) is 0.0185. The number of ether oxygens (including phenoxy) is 1. The smallest absolute Gasteiger partial charge is 0.262 e. The number of fused-ring (bicyclic) bond motifs is 1. The highest BCUT2D eigenvalue weighted by Gasteiger charge is 2.40. The van der Waals surface area contributed by atoms with Gasteiger partial charge in [0, 0.05) is 5.69 Å². The van der Waals surface area contributed by atoms with Crippen LogP contribution < -0.4 is 21.1 Å². The van der Waals surface area contributed by atoms with Crippen molar-refractivity contribution in [1.29, 1.82) is 0 Å². The quantitative estimate of drug-likeness (QED) is 0.735. The number of amides is 2. The van der Waals surface area contributed by atoms with Gasteiger partial charge in [0.05, 0.1) is 11.2 Å². The van der Waals surface area contributed by atoms with E-state index < -0.39 is 5.54 Å². The van der Waals surface area contributed by atoms with Crippen molar-refractivity contribution < 1.29 is 14.3 Å². The molecule has 3 rings (SSSR count). The number of anilines is 2. The van der Waals surface area contributed by atoms with E-state index in [1.54, 1.807) is 18.2 Å². The van der Waals surface area contributed by atoms with Crippen molar-refractivity contribution in [3.8, 4) is 5.75 Å². The Morgan fingerprint density at radius 3 is 2.89 bits per heavy atom. The van der Waals surface area contributed by atoms with Crippen LogP contribution in [0.5, 0.6) is 5.75 Å². The lowest BCUT2D eigenvalue weighted by Crippen LogP contribution is -2.56. The van der Waals surface area contributed by atoms with E-state index in [0.29, 0.717) is 30.0 Å². The zero-order valence-electron chi connectivity index (χ0n) is 10.4. The van der Waals surface area contributed by atoms with Crippen molar-refractivity contribution in [3.63, 3.8) is 0 Å². The van der Waals surface area contributed by atoms with Gasteiger partial charge in [-0.3, -0.25) is 9.59 Å². The van der Waals surface area contributed by atoms with Crippen molar-refractivity contribution in [2.75, 3.05) is 17.2 Å². The largest absolute Gasteiger partial charge is 0.482 e. The number of carbonyl (C=O) groups is 2. The summed E-state index contributed by atoms with van der Waals surface area (Å²) in [6, 6.07) is 5.12. The average molecular weight is 261 g/mol. The Morgan fingerprint density at radius 1 is 1.42 bits per heavy atom. The molecule has 0 atom stereocenters. The molecule has 6 nitrogen and oxygen atoms in total. The van der Waals surface area contributed by atoms with Crippen molar-refractivity contribution in [2.24, 2.45) is 5.73 Å². The fourth-order valence-electron chi connectivity index (χ4n) is 2.20. The first-order chi connectivity index (χ1) is 9.07. The second-order valence-corrected chi connectivity index (χ2v) is 5.01. The van der Waals surface area contributed by atoms with E-state index in [2.05, 4.69) is 10.6 Å². The van der Waals surface area contributed by atoms with Crippen LogP contribution in [0.1, 0.15) is 19.3 Å². The molecule has 1 fully saturated rings. The van der Waals surface area contributed by atoms with Gasteiger partial charge < -0.3 is 21.1 Å². The Balaban J connectivity index is 1.77. The van der Waals surface area contributed by atoms with Crippen LogP contribution >= 0.6 is 0 Å². The summed E-state index contributed by atoms with van der Waals surface area (Å²) in [5.41, 5.74) is 6.37. The molecule has 2 aliphatic rings. The standard InChI is InChI=1S/C13H15N3O3/c14-13(4-1-5-13)12(18)15-8-2-3-10-9(6-8)16-11(17)7-19-10/h2-3,6H,1,4-5,7,14H2,(H,15,18)(H,16,17). The van der Waals surface area contributed by atoms with Crippen LogP contribution in [0.4, 0.5) is 11.4 Å². The van der Waals surface area contributed by atoms with Gasteiger partial charge in [-0.1, -0.05) is 0 Å². The summed E-state index contributed by atoms with van der Waals surface area (Å²) in [5.74, 6) is 0.218. The van der Waals surface area contributed by atoms with Crippen molar-refractivity contribution in [3.05, 3.63) is 18.2 Å². The van der Waals surface area contributed by atoms with Crippen molar-refractivity contribution in [1.82, 2.24) is 0 Å². The summed E-state index contributed by atoms with van der Waals surface area (Å²) >= 11 is 0. The number of rotatable bonds is 2. The lowest BCUT2D eigenvalue weighted by molar-refractivity contribution is -0.123. The summed E-state index contributed by atoms with van der Waals surface area (Å²) in [5, 5.41) is 5.47. The van der Waals surface area contributed by atoms with Crippen molar-refractivity contribution >= 4 is 23.2 Å². The summed E-state index contributed by atoms with van der Waals surface area (Å²) < 4.78 is 5.25. The van der Waals surface area contributed by atoms with E-state index in [1.807, 2.05) is 0 Å². The molecule has 1 aliphatic heterocycles. The maximum absolute atomic E-state index is 12.0. The number of carbonyl (C=O) groups excluding carboxylic acids is 2. The summed E-state index contributed by atoms with van der Waals surface area (Å²) in [7, 11) is 0. The molecule has 0 aromatic heterocycles. The SMILES string of the molecule is NC1(C(=O)Nc2ccc3c(c2)NC(=O)CO3)CCC1. The maximum Gasteiger partial charge on any atom is 0.262 e. The van der Waals surface area contributed by atoms with Crippen molar-refractivity contribution in [2.45, 2.75) is 24.8 Å². The van der Waals surface area contributed by atoms with Crippen LogP contribution in [0.25, 0.3) is 0 Å². The first kappa shape index (κ1) is 12.0. The van der Waals surface area contributed by atoms with E-state index in [1.165, 1.54) is 0 Å². The van der Waals surface area contributed by atoms with E-state index >= 15 is 0 Å². The Labute approximate surface area is 110 Å². The lowest BCUT2D eigenvalue weighted by atomic mass is 9.77. The number of nitrogens with one attached hydrogen (secondary N) is 2. The molecule has 0 bridgehead atoms. The van der Waals surface area contributed by atoms with E-state index in [-0.39, 0.29) is 18.4 Å². The molecule has 1 aromatic carbocycles. The fourth-order valence-corrected chi connectivity index (χ4v) is 2.20. The highest BCUT2D eigenvalue weighted by molar-refractivity contribution is 6.00. The highest BCUT2D eigenvalue weighted by Crippen LogP contribution is 2.33. The third-order valence-corrected chi connectivity index (χ3v) is 3.57. The minimum Gasteiger partial charge on any atom is -0.482 e. The number of hydrogen-bond acceptors (Lipinski definition) is 4. The van der Waals surface area contributed by atoms with Gasteiger partial charge in [0.1, 0.15) is 5.75 Å². The van der Waals surface area contributed by atoms with Crippen LogP contribution in [-0.4, -0.2) is 24.0 Å². The Bertz CT molecular complexity index is 552. The van der Waals surface area contributed by atoms with E-state index in [0.717, 1.165) is 6.42 Å². The van der Waals surface area contributed by atoms with Gasteiger partial charge in [-0.15, -0.1) is 0 Å². The molecule has 0 saturated heterocycles. The zero-order valence-corrected chi connectivity index (χ0v) is 10.4. The van der Waals surface area contributed by atoms with Crippen LogP contribution in [0.3, 0.4) is 0 Å². The van der Waals surface area contributed by atoms with Gasteiger partial charge in [-0.2, -0.15) is 0 Å². The molecule has 0 radical (unpaired) electrons. The van der Waals surface area contributed by atoms with Gasteiger partial charge in [0.25, 0.3) is 5.91 Å². The maximum atomic E-state index is 12.0. The summed E-state index contributed by atoms with van der Waals surface area (Å²) in [4.78, 5) is 23.2. The number of nitrogens with two attached hydrogens (primary N) is 1. The third kappa shape index (κ3) is 2.15. The van der Waals surface area contributed by atoms with Gasteiger partial charge in [-0.05, 0) is 37.5 Å². The first-order valence-corrected chi connectivity index (χ1v) is 6.24. The minimum atomic E-state index is -0.740. The summed E-state index contributed by atoms with van der Waals surface area (Å²) in [6.07, 6.45) is 2.41. The van der Waals surface area contributed by atoms with Gasteiger partial charge in [-0.25, -0.2) is 0 Å². The van der Waals surface area contributed by atoms with Crippen LogP contribution in [-0.2, 0) is 9.59 Å². The Morgan fingerprint density at radius 2 is 2.21 bits per heavy atom. The molecule has 2 amide bonds. The molecule has 0 unspecified atom stereocenters. The monoisotopic (exact) mass is 261 g/mol. The van der Waals surface area contributed by atoms with Crippen LogP contribution in [0.15, 0.2) is 18.2 Å². The molecule has 1 saturated carbocycles. The van der Waals surface area contributed by atoms with Crippen LogP contribution in [0.2, 0.25) is 0 Å². The molecule has 19 heavy (non-hydrogen) atoms. The molecule has 1 heterocycles. The number of hydrogen-bond donors (Lipinski definition) is 3. The Kier molecular flexibility index (Phi) is 2.67. The molecular weight excluding hydrogens is 246 g/mol. The molecule has 4 N–H and O–H groups in total. The fraction of sp³-hybridized carbons (Fsp3) is 0.385. The molecule has 0 spiro atoms. The average Bonchev–Trinajstić information content (AvgIpc) is 2.35. The van der Waals surface area contributed by atoms with Gasteiger partial charge >= 0.3 is 0 Å². The van der Waals surface area contributed by atoms with Crippen LogP contribution in [0, 0.1) is 0 Å². The molecule has 100 valence electrons. The van der Waals surface area contributed by atoms with E-state index in [9.17, 15) is 9.59 Å². The zero-order chi connectivity index (χ0) is 13.5. The minimum absolute atomic E-state index is 0.0185. The molecule has 1 aliphatic carbocycles. The molecule has 1 aromatic rings. The Hall–Kier alpha value is -2.08. The molecular formula is C13H15N3O3. The molecule has 6 heteroatoms. The third-order valence-electron chi connectivity index (χ3n) is 3.57. The topological polar surface area (TPSA) is 93.5 Å². The highest BCUT2D eigenvalue weighted by atomic mass is 16.5. The second-order valence-electron chi connectivity index (χ2n) is 5.01. The number of benzene rings is 1. The normalized spacial score (nSPS) is 19.5.